The molecule has 0 spiro atoms. The molecular weight excluding hydrogens is 486 g/mol. The Kier molecular flexibility index (Phi) is 6.72. The smallest absolute Gasteiger partial charge is 0.273 e. The van der Waals surface area contributed by atoms with Crippen molar-refractivity contribution in [2.24, 2.45) is 5.41 Å². The van der Waals surface area contributed by atoms with E-state index in [-0.39, 0.29) is 29.0 Å². The van der Waals surface area contributed by atoms with E-state index in [0.29, 0.717) is 22.2 Å². The van der Waals surface area contributed by atoms with E-state index in [1.54, 1.807) is 6.07 Å². The summed E-state index contributed by atoms with van der Waals surface area (Å²) in [5.41, 5.74) is -0.854. The number of piperidine rings is 1. The van der Waals surface area contributed by atoms with Gasteiger partial charge in [0, 0.05) is 29.5 Å². The summed E-state index contributed by atoms with van der Waals surface area (Å²) in [4.78, 5) is 20.2. The van der Waals surface area contributed by atoms with Crippen molar-refractivity contribution in [3.63, 3.8) is 0 Å². The number of halogens is 1. The van der Waals surface area contributed by atoms with Gasteiger partial charge in [-0.3, -0.25) is 4.79 Å². The molecule has 9 heteroatoms. The van der Waals surface area contributed by atoms with E-state index >= 15 is 0 Å². The molecule has 1 amide bonds. The molecule has 2 aliphatic rings. The van der Waals surface area contributed by atoms with Crippen molar-refractivity contribution < 1.29 is 14.3 Å². The molecule has 0 radical (unpaired) electrons. The number of amides is 1. The Morgan fingerprint density at radius 2 is 2.06 bits per heavy atom. The molecule has 3 heterocycles. The number of aromatic nitrogens is 1. The first-order chi connectivity index (χ1) is 15.6. The number of pyridine rings is 1. The van der Waals surface area contributed by atoms with E-state index in [1.807, 2.05) is 19.9 Å². The highest BCUT2D eigenvalue weighted by molar-refractivity contribution is 9.10. The van der Waals surface area contributed by atoms with E-state index in [1.165, 1.54) is 0 Å². The average molecular weight is 518 g/mol. The normalized spacial score (nSPS) is 19.5. The molecule has 0 aromatic carbocycles. The summed E-state index contributed by atoms with van der Waals surface area (Å²) in [6.07, 6.45) is 5.43. The number of aliphatic hydroxyl groups is 1. The number of carbonyl (C=O) groups excluding carboxylic acids is 1. The Labute approximate surface area is 202 Å². The molecule has 1 saturated carbocycles. The standard InChI is InChI=1S/C24H32BrN5O3/c1-23(2,24(32)8-4-5-9-24)14-27-22(31)19-20-17(12-16(13-26)33-20)18(25)21(29-19)28-15-6-10-30(3)11-7-15/h12,15,32H,4-11,14H2,1-3H3,(H,27,31)(H,28,29). The van der Waals surface area contributed by atoms with Gasteiger partial charge in [0.15, 0.2) is 11.3 Å². The second kappa shape index (κ2) is 9.24. The Bertz CT molecular complexity index is 1080. The van der Waals surface area contributed by atoms with Crippen molar-refractivity contribution in [2.45, 2.75) is 64.0 Å². The van der Waals surface area contributed by atoms with Gasteiger partial charge in [0.25, 0.3) is 5.91 Å². The third-order valence-electron chi connectivity index (χ3n) is 7.38. The lowest BCUT2D eigenvalue weighted by atomic mass is 9.73. The predicted molar refractivity (Wildman–Crippen MR) is 130 cm³/mol. The summed E-state index contributed by atoms with van der Waals surface area (Å²) in [5.74, 6) is 0.312. The number of likely N-dealkylation sites (tertiary alicyclic amines) is 1. The lowest BCUT2D eigenvalue weighted by molar-refractivity contribution is -0.0590. The van der Waals surface area contributed by atoms with Crippen LogP contribution in [0.4, 0.5) is 5.82 Å². The molecule has 2 aromatic rings. The van der Waals surface area contributed by atoms with Gasteiger partial charge in [-0.15, -0.1) is 0 Å². The van der Waals surface area contributed by atoms with Crippen LogP contribution in [0.15, 0.2) is 15.0 Å². The van der Waals surface area contributed by atoms with Crippen molar-refractivity contribution in [3.05, 3.63) is 22.0 Å². The molecule has 178 valence electrons. The fraction of sp³-hybridized carbons (Fsp3) is 0.625. The molecular formula is C24H32BrN5O3. The van der Waals surface area contributed by atoms with Crippen LogP contribution in [0.3, 0.4) is 0 Å². The Morgan fingerprint density at radius 1 is 1.39 bits per heavy atom. The van der Waals surface area contributed by atoms with Gasteiger partial charge in [0.05, 0.1) is 10.1 Å². The lowest BCUT2D eigenvalue weighted by Crippen LogP contribution is -2.49. The molecule has 1 aliphatic heterocycles. The van der Waals surface area contributed by atoms with Crippen LogP contribution in [-0.2, 0) is 0 Å². The van der Waals surface area contributed by atoms with Gasteiger partial charge in [-0.1, -0.05) is 26.7 Å². The average Bonchev–Trinajstić information content (AvgIpc) is 3.43. The highest BCUT2D eigenvalue weighted by Crippen LogP contribution is 2.43. The molecule has 33 heavy (non-hydrogen) atoms. The van der Waals surface area contributed by atoms with Crippen LogP contribution in [-0.4, -0.2) is 59.2 Å². The van der Waals surface area contributed by atoms with Crippen LogP contribution in [0.1, 0.15) is 68.6 Å². The Morgan fingerprint density at radius 3 is 2.70 bits per heavy atom. The molecule has 0 unspecified atom stereocenters. The summed E-state index contributed by atoms with van der Waals surface area (Å²) in [5, 5.41) is 27.5. The van der Waals surface area contributed by atoms with Gasteiger partial charge in [-0.2, -0.15) is 5.26 Å². The third-order valence-corrected chi connectivity index (χ3v) is 8.18. The highest BCUT2D eigenvalue weighted by atomic mass is 79.9. The summed E-state index contributed by atoms with van der Waals surface area (Å²) in [6, 6.07) is 3.88. The zero-order valence-electron chi connectivity index (χ0n) is 19.5. The third kappa shape index (κ3) is 4.75. The Balaban J connectivity index is 1.61. The van der Waals surface area contributed by atoms with Crippen LogP contribution in [0.5, 0.6) is 0 Å². The quantitative estimate of drug-likeness (QED) is 0.529. The monoisotopic (exact) mass is 517 g/mol. The second-order valence-electron chi connectivity index (χ2n) is 10.1. The first-order valence-corrected chi connectivity index (χ1v) is 12.4. The van der Waals surface area contributed by atoms with Gasteiger partial charge in [-0.05, 0) is 61.8 Å². The summed E-state index contributed by atoms with van der Waals surface area (Å²) in [7, 11) is 2.11. The predicted octanol–water partition coefficient (Wildman–Crippen LogP) is 4.03. The van der Waals surface area contributed by atoms with Crippen LogP contribution >= 0.6 is 15.9 Å². The number of nitriles is 1. The topological polar surface area (TPSA) is 114 Å². The number of rotatable bonds is 6. The highest BCUT2D eigenvalue weighted by Gasteiger charge is 2.45. The largest absolute Gasteiger partial charge is 0.443 e. The fourth-order valence-electron chi connectivity index (χ4n) is 4.91. The number of carbonyl (C=O) groups is 1. The lowest BCUT2D eigenvalue weighted by Gasteiger charge is -2.40. The molecule has 0 bridgehead atoms. The van der Waals surface area contributed by atoms with Crippen LogP contribution < -0.4 is 10.6 Å². The number of nitrogens with one attached hydrogen (secondary N) is 2. The van der Waals surface area contributed by atoms with Crippen molar-refractivity contribution in [1.82, 2.24) is 15.2 Å². The molecule has 3 N–H and O–H groups in total. The minimum absolute atomic E-state index is 0.124. The molecule has 1 saturated heterocycles. The van der Waals surface area contributed by atoms with E-state index in [2.05, 4.69) is 43.5 Å². The molecule has 2 aromatic heterocycles. The van der Waals surface area contributed by atoms with Crippen molar-refractivity contribution in [3.8, 4) is 6.07 Å². The van der Waals surface area contributed by atoms with Gasteiger partial charge < -0.3 is 25.1 Å². The maximum absolute atomic E-state index is 13.3. The molecule has 8 nitrogen and oxygen atoms in total. The molecule has 0 atom stereocenters. The van der Waals surface area contributed by atoms with E-state index in [0.717, 1.165) is 51.6 Å². The minimum atomic E-state index is -0.789. The SMILES string of the molecule is CN1CCC(Nc2nc(C(=O)NCC(C)(C)C3(O)CCCC3)c3oc(C#N)cc3c2Br)CC1. The van der Waals surface area contributed by atoms with Crippen molar-refractivity contribution in [1.29, 1.82) is 5.26 Å². The van der Waals surface area contributed by atoms with E-state index in [9.17, 15) is 15.2 Å². The zero-order valence-corrected chi connectivity index (χ0v) is 21.1. The number of hydrogen-bond acceptors (Lipinski definition) is 7. The number of furan rings is 1. The van der Waals surface area contributed by atoms with Gasteiger partial charge in [0.2, 0.25) is 5.76 Å². The maximum atomic E-state index is 13.3. The second-order valence-corrected chi connectivity index (χ2v) is 10.9. The number of anilines is 1. The molecule has 4 rings (SSSR count). The minimum Gasteiger partial charge on any atom is -0.443 e. The Hall–Kier alpha value is -2.15. The first kappa shape index (κ1) is 24.0. The maximum Gasteiger partial charge on any atom is 0.273 e. The number of nitrogens with zero attached hydrogens (tertiary/aromatic N) is 3. The molecule has 1 aliphatic carbocycles. The van der Waals surface area contributed by atoms with Gasteiger partial charge >= 0.3 is 0 Å². The van der Waals surface area contributed by atoms with Crippen molar-refractivity contribution >= 4 is 38.6 Å². The fourth-order valence-corrected chi connectivity index (χ4v) is 5.40. The van der Waals surface area contributed by atoms with E-state index in [4.69, 9.17) is 4.42 Å². The zero-order chi connectivity index (χ0) is 23.8. The van der Waals surface area contributed by atoms with Crippen LogP contribution in [0.25, 0.3) is 11.0 Å². The van der Waals surface area contributed by atoms with Crippen LogP contribution in [0, 0.1) is 16.7 Å². The first-order valence-electron chi connectivity index (χ1n) is 11.6. The number of hydrogen-bond donors (Lipinski definition) is 3. The molecule has 2 fully saturated rings. The van der Waals surface area contributed by atoms with Gasteiger partial charge in [0.1, 0.15) is 11.9 Å². The van der Waals surface area contributed by atoms with Gasteiger partial charge in [-0.25, -0.2) is 4.98 Å². The van der Waals surface area contributed by atoms with Crippen molar-refractivity contribution in [2.75, 3.05) is 32.0 Å². The van der Waals surface area contributed by atoms with E-state index < -0.39 is 11.0 Å². The summed E-state index contributed by atoms with van der Waals surface area (Å²) >= 11 is 3.60. The van der Waals surface area contributed by atoms with Crippen LogP contribution in [0.2, 0.25) is 0 Å². The number of fused-ring (bicyclic) bond motifs is 1. The summed E-state index contributed by atoms with van der Waals surface area (Å²) < 4.78 is 6.34. The summed E-state index contributed by atoms with van der Waals surface area (Å²) in [6.45, 7) is 6.26.